The first-order chi connectivity index (χ1) is 18.8. The summed E-state index contributed by atoms with van der Waals surface area (Å²) in [7, 11) is 0. The maximum atomic E-state index is 14.0. The zero-order valence-electron chi connectivity index (χ0n) is 21.0. The van der Waals surface area contributed by atoms with E-state index >= 15 is 0 Å². The fraction of sp³-hybridized carbons (Fsp3) is 0.321. The summed E-state index contributed by atoms with van der Waals surface area (Å²) in [6.45, 7) is 1.92. The third-order valence-electron chi connectivity index (χ3n) is 5.96. The molecular formula is C28H27F3N4O4. The van der Waals surface area contributed by atoms with Crippen LogP contribution in [0.25, 0.3) is 10.4 Å². The van der Waals surface area contributed by atoms with E-state index in [1.165, 1.54) is 12.1 Å². The van der Waals surface area contributed by atoms with E-state index in [1.54, 1.807) is 25.1 Å². The van der Waals surface area contributed by atoms with Gasteiger partial charge in [-0.25, -0.2) is 4.99 Å². The Hall–Kier alpha value is -3.89. The van der Waals surface area contributed by atoms with Gasteiger partial charge in [0.1, 0.15) is 18.2 Å². The lowest BCUT2D eigenvalue weighted by Gasteiger charge is -2.43. The van der Waals surface area contributed by atoms with E-state index in [9.17, 15) is 18.7 Å². The minimum Gasteiger partial charge on any atom is -0.444 e. The molecule has 0 aromatic heterocycles. The van der Waals surface area contributed by atoms with Gasteiger partial charge in [0.25, 0.3) is 5.90 Å². The number of halogens is 3. The van der Waals surface area contributed by atoms with Crippen molar-refractivity contribution in [1.82, 2.24) is 0 Å². The molecule has 0 radical (unpaired) electrons. The number of hydrogen-bond donors (Lipinski definition) is 0. The Morgan fingerprint density at radius 2 is 1.36 bits per heavy atom. The first kappa shape index (κ1) is 28.1. The summed E-state index contributed by atoms with van der Waals surface area (Å²) in [5, 5.41) is 3.74. The Labute approximate surface area is 223 Å². The molecule has 11 heteroatoms. The molecule has 0 N–H and O–H groups in total. The zero-order valence-corrected chi connectivity index (χ0v) is 21.0. The molecule has 0 bridgehead atoms. The molecule has 8 nitrogen and oxygen atoms in total. The molecule has 2 unspecified atom stereocenters. The Morgan fingerprint density at radius 3 is 1.87 bits per heavy atom. The van der Waals surface area contributed by atoms with Crippen molar-refractivity contribution >= 4 is 11.6 Å². The molecule has 5 atom stereocenters. The third-order valence-corrected chi connectivity index (χ3v) is 5.96. The van der Waals surface area contributed by atoms with Crippen molar-refractivity contribution in [3.05, 3.63) is 113 Å². The summed E-state index contributed by atoms with van der Waals surface area (Å²) in [4.78, 5) is 6.49. The third kappa shape index (κ3) is 7.81. The monoisotopic (exact) mass is 540 g/mol. The average molecular weight is 541 g/mol. The van der Waals surface area contributed by atoms with Crippen LogP contribution in [0.15, 0.2) is 101 Å². The number of para-hydroxylation sites is 1. The highest BCUT2D eigenvalue weighted by molar-refractivity contribution is 5.84. The molecule has 3 aromatic carbocycles. The molecule has 1 aliphatic heterocycles. The number of rotatable bonds is 9. The summed E-state index contributed by atoms with van der Waals surface area (Å²) in [5.41, 5.74) is 11.1. The molecule has 0 amide bonds. The van der Waals surface area contributed by atoms with Gasteiger partial charge in [-0.3, -0.25) is 0 Å². The molecule has 1 aliphatic rings. The second kappa shape index (κ2) is 13.3. The van der Waals surface area contributed by atoms with Crippen molar-refractivity contribution in [2.24, 2.45) is 10.1 Å². The molecule has 3 aromatic rings. The van der Waals surface area contributed by atoms with Crippen LogP contribution in [-0.4, -0.2) is 42.7 Å². The Bertz CT molecular complexity index is 1260. The van der Waals surface area contributed by atoms with Crippen LogP contribution in [0.3, 0.4) is 0 Å². The number of ether oxygens (including phenoxy) is 4. The second-order valence-electron chi connectivity index (χ2n) is 8.80. The number of nitrogens with zero attached hydrogens (tertiary/aromatic N) is 4. The molecule has 1 fully saturated rings. The number of aliphatic imine (C=N–C) groups is 1. The SMILES string of the molecule is CC1O[C@@H](OC(=Nc2ccccc2)C(F)(F)F)C(N=[N+]=[N-])[C@@H](OCc2ccccc2)[C@@H]1OCc1ccccc1. The van der Waals surface area contributed by atoms with Gasteiger partial charge in [0, 0.05) is 4.91 Å². The molecule has 0 aliphatic carbocycles. The van der Waals surface area contributed by atoms with Crippen molar-refractivity contribution in [1.29, 1.82) is 0 Å². The molecule has 39 heavy (non-hydrogen) atoms. The van der Waals surface area contributed by atoms with Crippen LogP contribution in [0.2, 0.25) is 0 Å². The van der Waals surface area contributed by atoms with Crippen molar-refractivity contribution < 1.29 is 32.1 Å². The van der Waals surface area contributed by atoms with Crippen LogP contribution in [0.1, 0.15) is 18.1 Å². The molecule has 0 spiro atoms. The normalized spacial score (nSPS) is 23.6. The molecule has 1 saturated heterocycles. The predicted molar refractivity (Wildman–Crippen MR) is 138 cm³/mol. The molecule has 4 rings (SSSR count). The van der Waals surface area contributed by atoms with Crippen LogP contribution >= 0.6 is 0 Å². The van der Waals surface area contributed by atoms with Gasteiger partial charge >= 0.3 is 6.18 Å². The van der Waals surface area contributed by atoms with Gasteiger partial charge in [-0.15, -0.1) is 0 Å². The highest BCUT2D eigenvalue weighted by Crippen LogP contribution is 2.33. The summed E-state index contributed by atoms with van der Waals surface area (Å²) >= 11 is 0. The summed E-state index contributed by atoms with van der Waals surface area (Å²) in [5.74, 6) is -1.53. The first-order valence-corrected chi connectivity index (χ1v) is 12.2. The van der Waals surface area contributed by atoms with Crippen LogP contribution < -0.4 is 0 Å². The van der Waals surface area contributed by atoms with E-state index in [0.29, 0.717) is 0 Å². The van der Waals surface area contributed by atoms with E-state index in [2.05, 4.69) is 15.0 Å². The lowest BCUT2D eigenvalue weighted by molar-refractivity contribution is -0.260. The number of alkyl halides is 3. The highest BCUT2D eigenvalue weighted by atomic mass is 19.4. The standard InChI is InChI=1S/C28H27F3N4O4/c1-19-24(36-17-20-11-5-2-6-12-20)25(37-18-21-13-7-3-8-14-21)23(34-35-32)26(38-19)39-27(28(29,30)31)33-22-15-9-4-10-16-22/h2-16,19,23-26H,17-18H2,1H3/t19?,23?,24-,25-,26+/m1/s1. The molecule has 0 saturated carbocycles. The van der Waals surface area contributed by atoms with E-state index in [4.69, 9.17) is 18.9 Å². The van der Waals surface area contributed by atoms with Gasteiger partial charge in [-0.05, 0) is 35.7 Å². The van der Waals surface area contributed by atoms with Crippen LogP contribution in [0.5, 0.6) is 0 Å². The van der Waals surface area contributed by atoms with Crippen molar-refractivity contribution in [3.63, 3.8) is 0 Å². The van der Waals surface area contributed by atoms with Gasteiger partial charge in [0.2, 0.25) is 6.29 Å². The van der Waals surface area contributed by atoms with Gasteiger partial charge in [-0.1, -0.05) is 84.0 Å². The highest BCUT2D eigenvalue weighted by Gasteiger charge is 2.50. The second-order valence-corrected chi connectivity index (χ2v) is 8.80. The van der Waals surface area contributed by atoms with E-state index in [0.717, 1.165) is 11.1 Å². The van der Waals surface area contributed by atoms with Crippen LogP contribution in [0.4, 0.5) is 18.9 Å². The van der Waals surface area contributed by atoms with Crippen molar-refractivity contribution in [2.45, 2.75) is 57.0 Å². The maximum absolute atomic E-state index is 14.0. The largest absolute Gasteiger partial charge is 0.468 e. The minimum absolute atomic E-state index is 0.0370. The van der Waals surface area contributed by atoms with Crippen LogP contribution in [0, 0.1) is 0 Å². The maximum Gasteiger partial charge on any atom is 0.468 e. The quantitative estimate of drug-likeness (QED) is 0.0970. The molecular weight excluding hydrogens is 513 g/mol. The number of hydrogen-bond acceptors (Lipinski definition) is 6. The minimum atomic E-state index is -4.94. The summed E-state index contributed by atoms with van der Waals surface area (Å²) in [6.07, 6.45) is -9.15. The fourth-order valence-corrected chi connectivity index (χ4v) is 4.11. The van der Waals surface area contributed by atoms with Gasteiger partial charge in [0.15, 0.2) is 0 Å². The fourth-order valence-electron chi connectivity index (χ4n) is 4.11. The lowest BCUT2D eigenvalue weighted by Crippen LogP contribution is -2.59. The molecule has 1 heterocycles. The Balaban J connectivity index is 1.63. The lowest BCUT2D eigenvalue weighted by atomic mass is 9.97. The predicted octanol–water partition coefficient (Wildman–Crippen LogP) is 6.89. The number of azide groups is 1. The summed E-state index contributed by atoms with van der Waals surface area (Å²) in [6, 6.07) is 24.8. The van der Waals surface area contributed by atoms with Crippen LogP contribution in [-0.2, 0) is 32.2 Å². The average Bonchev–Trinajstić information content (AvgIpc) is 2.93. The van der Waals surface area contributed by atoms with Gasteiger partial charge in [-0.2, -0.15) is 13.2 Å². The summed E-state index contributed by atoms with van der Waals surface area (Å²) < 4.78 is 65.3. The topological polar surface area (TPSA) is 98.0 Å². The van der Waals surface area contributed by atoms with Crippen molar-refractivity contribution in [3.8, 4) is 0 Å². The van der Waals surface area contributed by atoms with E-state index in [-0.39, 0.29) is 18.9 Å². The smallest absolute Gasteiger partial charge is 0.444 e. The Kier molecular flexibility index (Phi) is 9.56. The van der Waals surface area contributed by atoms with Crippen molar-refractivity contribution in [2.75, 3.05) is 0 Å². The van der Waals surface area contributed by atoms with E-state index < -0.39 is 42.7 Å². The zero-order chi connectivity index (χ0) is 27.7. The molecule has 204 valence electrons. The first-order valence-electron chi connectivity index (χ1n) is 12.2. The number of benzene rings is 3. The van der Waals surface area contributed by atoms with E-state index in [1.807, 2.05) is 60.7 Å². The Morgan fingerprint density at radius 1 is 0.846 bits per heavy atom. The van der Waals surface area contributed by atoms with Gasteiger partial charge in [0.05, 0.1) is 25.0 Å². The van der Waals surface area contributed by atoms with Gasteiger partial charge < -0.3 is 18.9 Å².